The first-order valence-electron chi connectivity index (χ1n) is 6.80. The van der Waals surface area contributed by atoms with Crippen molar-refractivity contribution in [3.05, 3.63) is 35.9 Å². The van der Waals surface area contributed by atoms with Gasteiger partial charge in [-0.15, -0.1) is 0 Å². The molecule has 0 aromatic heterocycles. The Hall–Kier alpha value is -1.77. The summed E-state index contributed by atoms with van der Waals surface area (Å²) >= 11 is 0. The van der Waals surface area contributed by atoms with Gasteiger partial charge in [0.1, 0.15) is 5.75 Å². The van der Waals surface area contributed by atoms with E-state index in [1.165, 1.54) is 6.42 Å². The molecule has 0 N–H and O–H groups in total. The Morgan fingerprint density at radius 1 is 1.47 bits per heavy atom. The molecule has 0 spiro atoms. The molecule has 1 amide bonds. The lowest BCUT2D eigenvalue weighted by Crippen LogP contribution is -2.38. The van der Waals surface area contributed by atoms with E-state index in [0.29, 0.717) is 5.92 Å². The second-order valence-electron chi connectivity index (χ2n) is 5.14. The number of carbonyl (C=O) groups excluding carboxylic acids is 1. The molecule has 0 radical (unpaired) electrons. The van der Waals surface area contributed by atoms with Crippen molar-refractivity contribution in [2.75, 3.05) is 20.2 Å². The monoisotopic (exact) mass is 259 g/mol. The summed E-state index contributed by atoms with van der Waals surface area (Å²) in [6.07, 6.45) is 5.85. The quantitative estimate of drug-likeness (QED) is 0.781. The Morgan fingerprint density at radius 2 is 2.32 bits per heavy atom. The molecule has 1 atom stereocenters. The third-order valence-electron chi connectivity index (χ3n) is 3.48. The van der Waals surface area contributed by atoms with Gasteiger partial charge in [0, 0.05) is 19.2 Å². The van der Waals surface area contributed by atoms with Crippen molar-refractivity contribution in [3.63, 3.8) is 0 Å². The second-order valence-corrected chi connectivity index (χ2v) is 5.14. The number of hydrogen-bond donors (Lipinski definition) is 0. The fourth-order valence-electron chi connectivity index (χ4n) is 2.41. The lowest BCUT2D eigenvalue weighted by atomic mass is 10.0. The standard InChI is InChI=1S/C16H21NO2/c1-13-5-4-10-17(12-13)16(18)9-8-14-6-3-7-15(11-14)19-2/h3,6-9,11,13H,4-5,10,12H2,1-2H3/b9-8+. The van der Waals surface area contributed by atoms with Crippen LogP contribution in [-0.2, 0) is 4.79 Å². The minimum atomic E-state index is 0.106. The highest BCUT2D eigenvalue weighted by molar-refractivity contribution is 5.91. The molecule has 1 fully saturated rings. The first kappa shape index (κ1) is 13.7. The molecule has 19 heavy (non-hydrogen) atoms. The molecule has 0 aliphatic carbocycles. The van der Waals surface area contributed by atoms with Gasteiger partial charge in [0.15, 0.2) is 0 Å². The van der Waals surface area contributed by atoms with Crippen LogP contribution in [0.4, 0.5) is 0 Å². The number of benzene rings is 1. The van der Waals surface area contributed by atoms with Crippen LogP contribution < -0.4 is 4.74 Å². The van der Waals surface area contributed by atoms with Crippen LogP contribution in [0.2, 0.25) is 0 Å². The van der Waals surface area contributed by atoms with Crippen LogP contribution in [0.15, 0.2) is 30.3 Å². The number of ether oxygens (including phenoxy) is 1. The molecule has 1 aromatic rings. The number of methoxy groups -OCH3 is 1. The summed E-state index contributed by atoms with van der Waals surface area (Å²) in [5.74, 6) is 1.53. The topological polar surface area (TPSA) is 29.5 Å². The predicted octanol–water partition coefficient (Wildman–Crippen LogP) is 2.97. The van der Waals surface area contributed by atoms with Crippen LogP contribution in [0.1, 0.15) is 25.3 Å². The first-order valence-corrected chi connectivity index (χ1v) is 6.80. The molecule has 3 heteroatoms. The van der Waals surface area contributed by atoms with E-state index in [1.807, 2.05) is 35.2 Å². The summed E-state index contributed by atoms with van der Waals surface area (Å²) < 4.78 is 5.16. The SMILES string of the molecule is COc1cccc(/C=C/C(=O)N2CCCC(C)C2)c1. The summed E-state index contributed by atoms with van der Waals surface area (Å²) in [5.41, 5.74) is 0.984. The highest BCUT2D eigenvalue weighted by Gasteiger charge is 2.18. The average molecular weight is 259 g/mol. The molecule has 0 bridgehead atoms. The van der Waals surface area contributed by atoms with Gasteiger partial charge in [0.05, 0.1) is 7.11 Å². The van der Waals surface area contributed by atoms with Gasteiger partial charge in [0.25, 0.3) is 0 Å². The van der Waals surface area contributed by atoms with Gasteiger partial charge in [-0.3, -0.25) is 4.79 Å². The molecule has 1 aliphatic rings. The van der Waals surface area contributed by atoms with Gasteiger partial charge in [0.2, 0.25) is 5.91 Å². The predicted molar refractivity (Wildman–Crippen MR) is 77.0 cm³/mol. The average Bonchev–Trinajstić information content (AvgIpc) is 2.45. The third kappa shape index (κ3) is 3.85. The summed E-state index contributed by atoms with van der Waals surface area (Å²) in [6.45, 7) is 3.96. The number of rotatable bonds is 3. The van der Waals surface area contributed by atoms with Gasteiger partial charge >= 0.3 is 0 Å². The van der Waals surface area contributed by atoms with Gasteiger partial charge < -0.3 is 9.64 Å². The number of nitrogens with zero attached hydrogens (tertiary/aromatic N) is 1. The third-order valence-corrected chi connectivity index (χ3v) is 3.48. The highest BCUT2D eigenvalue weighted by Crippen LogP contribution is 2.17. The Kier molecular flexibility index (Phi) is 4.61. The maximum atomic E-state index is 12.1. The van der Waals surface area contributed by atoms with Gasteiger partial charge in [-0.2, -0.15) is 0 Å². The van der Waals surface area contributed by atoms with E-state index >= 15 is 0 Å². The number of carbonyl (C=O) groups is 1. The van der Waals surface area contributed by atoms with Gasteiger partial charge in [-0.25, -0.2) is 0 Å². The number of amides is 1. The lowest BCUT2D eigenvalue weighted by molar-refractivity contribution is -0.127. The van der Waals surface area contributed by atoms with E-state index in [0.717, 1.165) is 30.8 Å². The number of piperidine rings is 1. The smallest absolute Gasteiger partial charge is 0.246 e. The Morgan fingerprint density at radius 3 is 3.05 bits per heavy atom. The van der Waals surface area contributed by atoms with Crippen molar-refractivity contribution in [2.24, 2.45) is 5.92 Å². The minimum absolute atomic E-state index is 0.106. The summed E-state index contributed by atoms with van der Waals surface area (Å²) in [4.78, 5) is 14.0. The summed E-state index contributed by atoms with van der Waals surface area (Å²) in [6, 6.07) is 7.70. The van der Waals surface area contributed by atoms with Crippen molar-refractivity contribution in [3.8, 4) is 5.75 Å². The summed E-state index contributed by atoms with van der Waals surface area (Å²) in [7, 11) is 1.64. The molecule has 1 unspecified atom stereocenters. The molecule has 3 nitrogen and oxygen atoms in total. The van der Waals surface area contributed by atoms with Crippen LogP contribution in [0.3, 0.4) is 0 Å². The zero-order chi connectivity index (χ0) is 13.7. The lowest BCUT2D eigenvalue weighted by Gasteiger charge is -2.30. The van der Waals surface area contributed by atoms with Gasteiger partial charge in [-0.05, 0) is 42.5 Å². The first-order chi connectivity index (χ1) is 9.19. The van der Waals surface area contributed by atoms with Crippen molar-refractivity contribution < 1.29 is 9.53 Å². The van der Waals surface area contributed by atoms with E-state index in [1.54, 1.807) is 13.2 Å². The molecule has 2 rings (SSSR count). The molecule has 0 saturated carbocycles. The van der Waals surface area contributed by atoms with E-state index in [4.69, 9.17) is 4.74 Å². The van der Waals surface area contributed by atoms with Crippen LogP contribution in [0.25, 0.3) is 6.08 Å². The Labute approximate surface area is 114 Å². The molecule has 1 aliphatic heterocycles. The molecule has 1 aromatic carbocycles. The van der Waals surface area contributed by atoms with Crippen LogP contribution in [0, 0.1) is 5.92 Å². The van der Waals surface area contributed by atoms with Crippen LogP contribution in [-0.4, -0.2) is 31.0 Å². The summed E-state index contributed by atoms with van der Waals surface area (Å²) in [5, 5.41) is 0. The maximum Gasteiger partial charge on any atom is 0.246 e. The maximum absolute atomic E-state index is 12.1. The zero-order valence-corrected chi connectivity index (χ0v) is 11.6. The van der Waals surface area contributed by atoms with E-state index in [9.17, 15) is 4.79 Å². The number of likely N-dealkylation sites (tertiary alicyclic amines) is 1. The van der Waals surface area contributed by atoms with E-state index in [-0.39, 0.29) is 5.91 Å². The van der Waals surface area contributed by atoms with E-state index in [2.05, 4.69) is 6.92 Å². The number of hydrogen-bond acceptors (Lipinski definition) is 2. The van der Waals surface area contributed by atoms with E-state index < -0.39 is 0 Å². The molecule has 1 heterocycles. The van der Waals surface area contributed by atoms with Crippen molar-refractivity contribution in [1.29, 1.82) is 0 Å². The van der Waals surface area contributed by atoms with Crippen molar-refractivity contribution in [1.82, 2.24) is 4.90 Å². The van der Waals surface area contributed by atoms with Crippen LogP contribution >= 0.6 is 0 Å². The highest BCUT2D eigenvalue weighted by atomic mass is 16.5. The Bertz CT molecular complexity index is 468. The van der Waals surface area contributed by atoms with Gasteiger partial charge in [-0.1, -0.05) is 19.1 Å². The molecular formula is C16H21NO2. The van der Waals surface area contributed by atoms with Crippen molar-refractivity contribution in [2.45, 2.75) is 19.8 Å². The molecule has 102 valence electrons. The molecular weight excluding hydrogens is 238 g/mol. The normalized spacial score (nSPS) is 19.7. The largest absolute Gasteiger partial charge is 0.497 e. The van der Waals surface area contributed by atoms with Crippen LogP contribution in [0.5, 0.6) is 5.75 Å². The second kappa shape index (κ2) is 6.41. The Balaban J connectivity index is 1.99. The zero-order valence-electron chi connectivity index (χ0n) is 11.6. The molecule has 1 saturated heterocycles. The minimum Gasteiger partial charge on any atom is -0.497 e. The van der Waals surface area contributed by atoms with Crippen molar-refractivity contribution >= 4 is 12.0 Å². The fourth-order valence-corrected chi connectivity index (χ4v) is 2.41. The fraction of sp³-hybridized carbons (Fsp3) is 0.438.